The van der Waals surface area contributed by atoms with Crippen molar-refractivity contribution >= 4 is 5.91 Å². The van der Waals surface area contributed by atoms with Crippen LogP contribution in [0, 0.1) is 0 Å². The van der Waals surface area contributed by atoms with E-state index in [1.165, 1.54) is 21.0 Å². The van der Waals surface area contributed by atoms with Gasteiger partial charge in [-0.3, -0.25) is 4.79 Å². The molecule has 2 aliphatic heterocycles. The van der Waals surface area contributed by atoms with E-state index < -0.39 is 73.9 Å². The van der Waals surface area contributed by atoms with Gasteiger partial charge in [0, 0.05) is 14.0 Å². The van der Waals surface area contributed by atoms with Gasteiger partial charge in [0.2, 0.25) is 5.91 Å². The van der Waals surface area contributed by atoms with Gasteiger partial charge in [-0.1, -0.05) is 0 Å². The molecule has 2 heterocycles. The van der Waals surface area contributed by atoms with E-state index in [2.05, 4.69) is 5.32 Å². The zero-order chi connectivity index (χ0) is 19.6. The number of methoxy groups -OCH3 is 1. The van der Waals surface area contributed by atoms with Crippen molar-refractivity contribution in [2.45, 2.75) is 75.2 Å². The fourth-order valence-corrected chi connectivity index (χ4v) is 3.18. The molecule has 0 spiro atoms. The highest BCUT2D eigenvalue weighted by molar-refractivity contribution is 5.73. The van der Waals surface area contributed by atoms with Crippen LogP contribution < -0.4 is 5.32 Å². The molecule has 11 nitrogen and oxygen atoms in total. The SMILES string of the molecule is COC1C(O)C(CO)OC(OC2C(O)OC(C)C(O)C2O)C1NC(C)=O. The van der Waals surface area contributed by atoms with Crippen LogP contribution in [0.2, 0.25) is 0 Å². The van der Waals surface area contributed by atoms with Crippen LogP contribution in [0.15, 0.2) is 0 Å². The fourth-order valence-electron chi connectivity index (χ4n) is 3.18. The predicted molar refractivity (Wildman–Crippen MR) is 83.6 cm³/mol. The van der Waals surface area contributed by atoms with Gasteiger partial charge in [0.1, 0.15) is 42.7 Å². The quantitative estimate of drug-likeness (QED) is 0.280. The van der Waals surface area contributed by atoms with Crippen molar-refractivity contribution < 1.29 is 49.3 Å². The third kappa shape index (κ3) is 4.32. The lowest BCUT2D eigenvalue weighted by atomic mass is 9.95. The van der Waals surface area contributed by atoms with E-state index in [1.54, 1.807) is 0 Å². The molecule has 11 heteroatoms. The zero-order valence-electron chi connectivity index (χ0n) is 14.8. The average molecular weight is 381 g/mol. The van der Waals surface area contributed by atoms with E-state index in [0.29, 0.717) is 0 Å². The Morgan fingerprint density at radius 3 is 2.27 bits per heavy atom. The number of amides is 1. The van der Waals surface area contributed by atoms with Crippen molar-refractivity contribution in [1.82, 2.24) is 5.32 Å². The van der Waals surface area contributed by atoms with Crippen molar-refractivity contribution in [3.05, 3.63) is 0 Å². The smallest absolute Gasteiger partial charge is 0.217 e. The van der Waals surface area contributed by atoms with Gasteiger partial charge in [0.05, 0.1) is 12.7 Å². The molecule has 6 N–H and O–H groups in total. The topological polar surface area (TPSA) is 167 Å². The molecule has 1 amide bonds. The number of aliphatic hydroxyl groups is 5. The average Bonchev–Trinajstić information content (AvgIpc) is 2.58. The molecular formula is C15H27NO10. The lowest BCUT2D eigenvalue weighted by molar-refractivity contribution is -0.345. The van der Waals surface area contributed by atoms with Gasteiger partial charge in [-0.15, -0.1) is 0 Å². The lowest BCUT2D eigenvalue weighted by Crippen LogP contribution is -2.67. The summed E-state index contributed by atoms with van der Waals surface area (Å²) in [6.45, 7) is 2.16. The Labute approximate surface area is 150 Å². The highest BCUT2D eigenvalue weighted by Gasteiger charge is 2.50. The molecule has 2 fully saturated rings. The van der Waals surface area contributed by atoms with Crippen LogP contribution in [0.5, 0.6) is 0 Å². The van der Waals surface area contributed by atoms with E-state index in [0.717, 1.165) is 0 Å². The van der Waals surface area contributed by atoms with Gasteiger partial charge in [0.15, 0.2) is 12.6 Å². The van der Waals surface area contributed by atoms with Crippen LogP contribution in [0.3, 0.4) is 0 Å². The van der Waals surface area contributed by atoms with Gasteiger partial charge in [-0.2, -0.15) is 0 Å². The Hall–Kier alpha value is -0.890. The molecule has 152 valence electrons. The van der Waals surface area contributed by atoms with E-state index in [4.69, 9.17) is 18.9 Å². The Morgan fingerprint density at radius 1 is 1.08 bits per heavy atom. The molecule has 2 saturated heterocycles. The van der Waals surface area contributed by atoms with Crippen LogP contribution >= 0.6 is 0 Å². The van der Waals surface area contributed by atoms with Crippen LogP contribution in [-0.4, -0.2) is 107 Å². The van der Waals surface area contributed by atoms with E-state index in [-0.39, 0.29) is 0 Å². The minimum absolute atomic E-state index is 0.460. The third-order valence-corrected chi connectivity index (χ3v) is 4.59. The van der Waals surface area contributed by atoms with Crippen LogP contribution in [0.25, 0.3) is 0 Å². The van der Waals surface area contributed by atoms with Crippen molar-refractivity contribution in [3.63, 3.8) is 0 Å². The molecule has 10 unspecified atom stereocenters. The number of carbonyl (C=O) groups excluding carboxylic acids is 1. The molecule has 0 bridgehead atoms. The first-order valence-electron chi connectivity index (χ1n) is 8.30. The molecule has 2 aliphatic rings. The molecule has 0 saturated carbocycles. The number of hydrogen-bond acceptors (Lipinski definition) is 10. The first-order valence-corrected chi connectivity index (χ1v) is 8.30. The lowest BCUT2D eigenvalue weighted by Gasteiger charge is -2.47. The second-order valence-electron chi connectivity index (χ2n) is 6.46. The van der Waals surface area contributed by atoms with Gasteiger partial charge in [0.25, 0.3) is 0 Å². The van der Waals surface area contributed by atoms with Gasteiger partial charge < -0.3 is 49.8 Å². The molecule has 10 atom stereocenters. The Bertz CT molecular complexity index is 479. The first-order chi connectivity index (χ1) is 12.2. The molecule has 0 aromatic carbocycles. The Morgan fingerprint density at radius 2 is 1.73 bits per heavy atom. The normalized spacial score (nSPS) is 46.8. The second kappa shape index (κ2) is 8.87. The summed E-state index contributed by atoms with van der Waals surface area (Å²) in [5.74, 6) is -0.460. The van der Waals surface area contributed by atoms with Crippen molar-refractivity contribution in [2.24, 2.45) is 0 Å². The summed E-state index contributed by atoms with van der Waals surface area (Å²) >= 11 is 0. The number of rotatable bonds is 5. The fraction of sp³-hybridized carbons (Fsp3) is 0.933. The van der Waals surface area contributed by atoms with Crippen molar-refractivity contribution in [2.75, 3.05) is 13.7 Å². The maximum Gasteiger partial charge on any atom is 0.217 e. The van der Waals surface area contributed by atoms with Gasteiger partial charge >= 0.3 is 0 Å². The number of hydrogen-bond donors (Lipinski definition) is 6. The van der Waals surface area contributed by atoms with Gasteiger partial charge in [-0.25, -0.2) is 0 Å². The zero-order valence-corrected chi connectivity index (χ0v) is 14.8. The maximum absolute atomic E-state index is 11.5. The summed E-state index contributed by atoms with van der Waals surface area (Å²) in [5, 5.41) is 52.3. The monoisotopic (exact) mass is 381 g/mol. The minimum atomic E-state index is -1.56. The van der Waals surface area contributed by atoms with Crippen LogP contribution in [0.4, 0.5) is 0 Å². The standard InChI is InChI=1S/C15H27NO10/c1-5-9(19)11(21)13(14(22)24-5)26-15-8(16-6(2)18)12(23-3)10(20)7(4-17)25-15/h5,7-15,17,19-22H,4H2,1-3H3,(H,16,18). The maximum atomic E-state index is 11.5. The first kappa shape index (κ1) is 21.4. The van der Waals surface area contributed by atoms with Crippen molar-refractivity contribution in [1.29, 1.82) is 0 Å². The molecule has 2 rings (SSSR count). The summed E-state index contributed by atoms with van der Waals surface area (Å²) in [7, 11) is 1.30. The summed E-state index contributed by atoms with van der Waals surface area (Å²) in [6.07, 6.45) is -11.2. The molecule has 0 aromatic heterocycles. The van der Waals surface area contributed by atoms with E-state index >= 15 is 0 Å². The minimum Gasteiger partial charge on any atom is -0.394 e. The van der Waals surface area contributed by atoms with Crippen LogP contribution in [-0.2, 0) is 23.7 Å². The largest absolute Gasteiger partial charge is 0.394 e. The van der Waals surface area contributed by atoms with E-state index in [9.17, 15) is 30.3 Å². The van der Waals surface area contributed by atoms with E-state index in [1.807, 2.05) is 0 Å². The molecule has 0 aromatic rings. The molecule has 26 heavy (non-hydrogen) atoms. The number of aliphatic hydroxyl groups excluding tert-OH is 5. The highest BCUT2D eigenvalue weighted by atomic mass is 16.7. The summed E-state index contributed by atoms with van der Waals surface area (Å²) in [6, 6.07) is -1.01. The van der Waals surface area contributed by atoms with Gasteiger partial charge in [-0.05, 0) is 6.92 Å². The molecule has 0 aliphatic carbocycles. The van der Waals surface area contributed by atoms with Crippen LogP contribution in [0.1, 0.15) is 13.8 Å². The third-order valence-electron chi connectivity index (χ3n) is 4.59. The molecular weight excluding hydrogens is 354 g/mol. The summed E-state index contributed by atoms with van der Waals surface area (Å²) in [4.78, 5) is 11.5. The molecule has 0 radical (unpaired) electrons. The number of carbonyl (C=O) groups is 1. The Kier molecular flexibility index (Phi) is 7.30. The highest BCUT2D eigenvalue weighted by Crippen LogP contribution is 2.29. The van der Waals surface area contributed by atoms with Crippen molar-refractivity contribution in [3.8, 4) is 0 Å². The summed E-state index contributed by atoms with van der Waals surface area (Å²) < 4.78 is 21.4. The number of ether oxygens (including phenoxy) is 4. The predicted octanol–water partition coefficient (Wildman–Crippen LogP) is -3.57. The Balaban J connectivity index is 2.23. The second-order valence-corrected chi connectivity index (χ2v) is 6.46. The number of nitrogens with one attached hydrogen (secondary N) is 1. The summed E-state index contributed by atoms with van der Waals surface area (Å²) in [5.41, 5.74) is 0.